The summed E-state index contributed by atoms with van der Waals surface area (Å²) in [4.78, 5) is 11.8. The first kappa shape index (κ1) is 16.8. The number of nitrogens with one attached hydrogen (secondary N) is 1. The number of nitrogens with zero attached hydrogens (tertiary/aromatic N) is 1. The van der Waals surface area contributed by atoms with Gasteiger partial charge in [-0.3, -0.25) is 4.79 Å². The predicted molar refractivity (Wildman–Crippen MR) is 90.2 cm³/mol. The number of carbonyl (C=O) groups excluding carboxylic acids is 1. The van der Waals surface area contributed by atoms with E-state index in [2.05, 4.69) is 10.5 Å². The average molecular weight is 333 g/mol. The van der Waals surface area contributed by atoms with Gasteiger partial charge in [-0.05, 0) is 48.4 Å². The molecule has 120 valence electrons. The summed E-state index contributed by atoms with van der Waals surface area (Å²) in [5, 5.41) is 13.6. The van der Waals surface area contributed by atoms with E-state index in [1.165, 1.54) is 18.3 Å². The van der Waals surface area contributed by atoms with Crippen LogP contribution in [0.15, 0.2) is 47.6 Å². The van der Waals surface area contributed by atoms with Gasteiger partial charge in [-0.2, -0.15) is 5.10 Å². The Bertz CT molecular complexity index is 699. The number of carbonyl (C=O) groups is 1. The molecule has 0 aliphatic heterocycles. The fourth-order valence-corrected chi connectivity index (χ4v) is 2.13. The maximum atomic E-state index is 11.8. The van der Waals surface area contributed by atoms with Gasteiger partial charge in [0.05, 0.1) is 24.3 Å². The SMILES string of the molecule is CCOc1ccc(/C=N\NC(=O)Cc2ccc(O)cc2)cc1Cl. The molecule has 0 aliphatic carbocycles. The second-order valence-electron chi connectivity index (χ2n) is 4.76. The Balaban J connectivity index is 1.89. The van der Waals surface area contributed by atoms with Crippen LogP contribution in [0.25, 0.3) is 0 Å². The Labute approximate surface area is 139 Å². The van der Waals surface area contributed by atoms with Crippen molar-refractivity contribution in [2.24, 2.45) is 5.10 Å². The molecule has 2 aromatic carbocycles. The van der Waals surface area contributed by atoms with E-state index in [-0.39, 0.29) is 18.1 Å². The third-order valence-corrected chi connectivity index (χ3v) is 3.26. The number of hydrazone groups is 1. The van der Waals surface area contributed by atoms with E-state index in [4.69, 9.17) is 16.3 Å². The number of halogens is 1. The summed E-state index contributed by atoms with van der Waals surface area (Å²) >= 11 is 6.08. The first-order chi connectivity index (χ1) is 11.1. The van der Waals surface area contributed by atoms with Crippen LogP contribution in [0, 0.1) is 0 Å². The minimum Gasteiger partial charge on any atom is -0.508 e. The normalized spacial score (nSPS) is 10.7. The summed E-state index contributed by atoms with van der Waals surface area (Å²) in [6.45, 7) is 2.43. The molecule has 2 rings (SSSR count). The molecule has 0 aliphatic rings. The molecule has 0 bridgehead atoms. The molecular weight excluding hydrogens is 316 g/mol. The van der Waals surface area contributed by atoms with Crippen LogP contribution in [0.3, 0.4) is 0 Å². The van der Waals surface area contributed by atoms with E-state index in [1.807, 2.05) is 6.92 Å². The molecule has 0 fully saturated rings. The maximum absolute atomic E-state index is 11.8. The fraction of sp³-hybridized carbons (Fsp3) is 0.176. The van der Waals surface area contributed by atoms with Crippen LogP contribution in [-0.4, -0.2) is 23.8 Å². The highest BCUT2D eigenvalue weighted by Crippen LogP contribution is 2.24. The highest BCUT2D eigenvalue weighted by Gasteiger charge is 2.03. The van der Waals surface area contributed by atoms with Crippen molar-refractivity contribution < 1.29 is 14.6 Å². The Kier molecular flexibility index (Phi) is 6.00. The lowest BCUT2D eigenvalue weighted by atomic mass is 10.1. The number of rotatable bonds is 6. The van der Waals surface area contributed by atoms with Crippen molar-refractivity contribution in [2.75, 3.05) is 6.61 Å². The highest BCUT2D eigenvalue weighted by atomic mass is 35.5. The van der Waals surface area contributed by atoms with E-state index < -0.39 is 0 Å². The molecule has 0 heterocycles. The van der Waals surface area contributed by atoms with Crippen molar-refractivity contribution in [3.63, 3.8) is 0 Å². The lowest BCUT2D eigenvalue weighted by Crippen LogP contribution is -2.19. The molecular formula is C17H17ClN2O3. The average Bonchev–Trinajstić information content (AvgIpc) is 2.52. The van der Waals surface area contributed by atoms with Crippen molar-refractivity contribution in [1.82, 2.24) is 5.43 Å². The number of aromatic hydroxyl groups is 1. The van der Waals surface area contributed by atoms with Gasteiger partial charge in [0.15, 0.2) is 0 Å². The van der Waals surface area contributed by atoms with Crippen LogP contribution >= 0.6 is 11.6 Å². The molecule has 0 saturated carbocycles. The van der Waals surface area contributed by atoms with Crippen LogP contribution in [0.2, 0.25) is 5.02 Å². The third kappa shape index (κ3) is 5.30. The molecule has 0 radical (unpaired) electrons. The zero-order valence-electron chi connectivity index (χ0n) is 12.6. The number of amides is 1. The number of phenolic OH excluding ortho intramolecular Hbond substituents is 1. The summed E-state index contributed by atoms with van der Waals surface area (Å²) in [6.07, 6.45) is 1.69. The summed E-state index contributed by atoms with van der Waals surface area (Å²) < 4.78 is 5.35. The Morgan fingerprint density at radius 3 is 2.70 bits per heavy atom. The van der Waals surface area contributed by atoms with Gasteiger partial charge >= 0.3 is 0 Å². The van der Waals surface area contributed by atoms with Crippen molar-refractivity contribution in [2.45, 2.75) is 13.3 Å². The zero-order chi connectivity index (χ0) is 16.7. The molecule has 0 spiro atoms. The summed E-state index contributed by atoms with van der Waals surface area (Å²) in [7, 11) is 0. The number of phenols is 1. The first-order valence-corrected chi connectivity index (χ1v) is 7.48. The van der Waals surface area contributed by atoms with Crippen LogP contribution < -0.4 is 10.2 Å². The molecule has 0 aromatic heterocycles. The van der Waals surface area contributed by atoms with Crippen molar-refractivity contribution in [1.29, 1.82) is 0 Å². The van der Waals surface area contributed by atoms with Crippen molar-refractivity contribution >= 4 is 23.7 Å². The Hall–Kier alpha value is -2.53. The maximum Gasteiger partial charge on any atom is 0.244 e. The quantitative estimate of drug-likeness (QED) is 0.630. The van der Waals surface area contributed by atoms with Gasteiger partial charge in [0, 0.05) is 0 Å². The molecule has 1 amide bonds. The Morgan fingerprint density at radius 2 is 2.04 bits per heavy atom. The van der Waals surface area contributed by atoms with Gasteiger partial charge < -0.3 is 9.84 Å². The first-order valence-electron chi connectivity index (χ1n) is 7.10. The Morgan fingerprint density at radius 1 is 1.30 bits per heavy atom. The van der Waals surface area contributed by atoms with E-state index in [1.54, 1.807) is 30.3 Å². The topological polar surface area (TPSA) is 70.9 Å². The lowest BCUT2D eigenvalue weighted by molar-refractivity contribution is -0.120. The monoisotopic (exact) mass is 332 g/mol. The largest absolute Gasteiger partial charge is 0.508 e. The molecule has 6 heteroatoms. The van der Waals surface area contributed by atoms with Gasteiger partial charge in [0.2, 0.25) is 5.91 Å². The standard InChI is InChI=1S/C17H17ClN2O3/c1-2-23-16-8-5-13(9-15(16)18)11-19-20-17(22)10-12-3-6-14(21)7-4-12/h3-9,11,21H,2,10H2,1H3,(H,20,22)/b19-11-. The van der Waals surface area contributed by atoms with Gasteiger partial charge in [-0.1, -0.05) is 23.7 Å². The number of hydrogen-bond donors (Lipinski definition) is 2. The van der Waals surface area contributed by atoms with Gasteiger partial charge in [-0.25, -0.2) is 5.43 Å². The van der Waals surface area contributed by atoms with E-state index >= 15 is 0 Å². The zero-order valence-corrected chi connectivity index (χ0v) is 13.4. The smallest absolute Gasteiger partial charge is 0.244 e. The highest BCUT2D eigenvalue weighted by molar-refractivity contribution is 6.32. The minimum atomic E-state index is -0.246. The predicted octanol–water partition coefficient (Wildman–Crippen LogP) is 3.14. The van der Waals surface area contributed by atoms with Crippen molar-refractivity contribution in [3.05, 3.63) is 58.6 Å². The molecule has 2 N–H and O–H groups in total. The molecule has 0 unspecified atom stereocenters. The fourth-order valence-electron chi connectivity index (χ4n) is 1.89. The molecule has 5 nitrogen and oxygen atoms in total. The lowest BCUT2D eigenvalue weighted by Gasteiger charge is -2.05. The van der Waals surface area contributed by atoms with E-state index in [9.17, 15) is 9.90 Å². The van der Waals surface area contributed by atoms with E-state index in [0.29, 0.717) is 17.4 Å². The van der Waals surface area contributed by atoms with Crippen molar-refractivity contribution in [3.8, 4) is 11.5 Å². The van der Waals surface area contributed by atoms with Crippen LogP contribution in [-0.2, 0) is 11.2 Å². The van der Waals surface area contributed by atoms with Gasteiger partial charge in [0.25, 0.3) is 0 Å². The van der Waals surface area contributed by atoms with Gasteiger partial charge in [0.1, 0.15) is 11.5 Å². The minimum absolute atomic E-state index is 0.166. The summed E-state index contributed by atoms with van der Waals surface area (Å²) in [5.74, 6) is 0.534. The third-order valence-electron chi connectivity index (χ3n) is 2.96. The molecule has 23 heavy (non-hydrogen) atoms. The number of ether oxygens (including phenoxy) is 1. The summed E-state index contributed by atoms with van der Waals surface area (Å²) in [6, 6.07) is 11.7. The molecule has 2 aromatic rings. The molecule has 0 atom stereocenters. The number of benzene rings is 2. The van der Waals surface area contributed by atoms with E-state index in [0.717, 1.165) is 11.1 Å². The van der Waals surface area contributed by atoms with Gasteiger partial charge in [-0.15, -0.1) is 0 Å². The summed E-state index contributed by atoms with van der Waals surface area (Å²) in [5.41, 5.74) is 3.99. The number of hydrogen-bond acceptors (Lipinski definition) is 4. The van der Waals surface area contributed by atoms with Crippen LogP contribution in [0.1, 0.15) is 18.1 Å². The van der Waals surface area contributed by atoms with Crippen LogP contribution in [0.4, 0.5) is 0 Å². The second-order valence-corrected chi connectivity index (χ2v) is 5.17. The molecule has 0 saturated heterocycles. The second kappa shape index (κ2) is 8.19. The van der Waals surface area contributed by atoms with Crippen LogP contribution in [0.5, 0.6) is 11.5 Å².